The summed E-state index contributed by atoms with van der Waals surface area (Å²) in [5.74, 6) is 1.04. The zero-order chi connectivity index (χ0) is 14.7. The Balaban J connectivity index is 1.59. The molecule has 1 aromatic carbocycles. The van der Waals surface area contributed by atoms with Crippen LogP contribution in [0.15, 0.2) is 24.3 Å². The second kappa shape index (κ2) is 6.50. The SMILES string of the molecule is CC1CC(C(=O)NCCC2CCCC2)c2ccccc2N1. The molecule has 21 heavy (non-hydrogen) atoms. The molecule has 0 radical (unpaired) electrons. The summed E-state index contributed by atoms with van der Waals surface area (Å²) in [7, 11) is 0. The Bertz CT molecular complexity index is 494. The number of amides is 1. The van der Waals surface area contributed by atoms with Crippen molar-refractivity contribution >= 4 is 11.6 Å². The van der Waals surface area contributed by atoms with Crippen molar-refractivity contribution in [1.82, 2.24) is 5.32 Å². The number of benzene rings is 1. The van der Waals surface area contributed by atoms with Crippen molar-refractivity contribution in [3.63, 3.8) is 0 Å². The van der Waals surface area contributed by atoms with Gasteiger partial charge in [0.25, 0.3) is 0 Å². The van der Waals surface area contributed by atoms with Gasteiger partial charge in [-0.25, -0.2) is 0 Å². The number of para-hydroxylation sites is 1. The maximum absolute atomic E-state index is 12.5. The van der Waals surface area contributed by atoms with Crippen molar-refractivity contribution in [3.05, 3.63) is 29.8 Å². The number of hydrogen-bond donors (Lipinski definition) is 2. The fraction of sp³-hybridized carbons (Fsp3) is 0.611. The van der Waals surface area contributed by atoms with Gasteiger partial charge in [-0.15, -0.1) is 0 Å². The maximum atomic E-state index is 12.5. The van der Waals surface area contributed by atoms with Crippen LogP contribution in [0.4, 0.5) is 5.69 Å². The lowest BCUT2D eigenvalue weighted by Gasteiger charge is -2.30. The molecule has 2 unspecified atom stereocenters. The lowest BCUT2D eigenvalue weighted by molar-refractivity contribution is -0.122. The number of carbonyl (C=O) groups is 1. The molecule has 1 heterocycles. The van der Waals surface area contributed by atoms with Crippen LogP contribution in [-0.2, 0) is 4.79 Å². The van der Waals surface area contributed by atoms with Gasteiger partial charge in [-0.1, -0.05) is 43.9 Å². The molecule has 1 aliphatic carbocycles. The van der Waals surface area contributed by atoms with Crippen LogP contribution in [0.1, 0.15) is 56.9 Å². The van der Waals surface area contributed by atoms with E-state index in [1.165, 1.54) is 25.7 Å². The second-order valence-corrected chi connectivity index (χ2v) is 6.65. The molecule has 0 saturated heterocycles. The summed E-state index contributed by atoms with van der Waals surface area (Å²) < 4.78 is 0. The van der Waals surface area contributed by atoms with Crippen LogP contribution < -0.4 is 10.6 Å². The van der Waals surface area contributed by atoms with Crippen molar-refractivity contribution in [3.8, 4) is 0 Å². The summed E-state index contributed by atoms with van der Waals surface area (Å²) in [5, 5.41) is 6.64. The van der Waals surface area contributed by atoms with E-state index in [1.54, 1.807) is 0 Å². The average Bonchev–Trinajstić information content (AvgIpc) is 2.99. The van der Waals surface area contributed by atoms with E-state index < -0.39 is 0 Å². The summed E-state index contributed by atoms with van der Waals surface area (Å²) in [5.41, 5.74) is 2.26. The second-order valence-electron chi connectivity index (χ2n) is 6.65. The molecule has 1 aromatic rings. The minimum Gasteiger partial charge on any atom is -0.382 e. The summed E-state index contributed by atoms with van der Waals surface area (Å²) in [6.07, 6.45) is 7.47. The van der Waals surface area contributed by atoms with Crippen LogP contribution in [0.3, 0.4) is 0 Å². The zero-order valence-electron chi connectivity index (χ0n) is 12.9. The van der Waals surface area contributed by atoms with Gasteiger partial charge in [-0.3, -0.25) is 4.79 Å². The summed E-state index contributed by atoms with van der Waals surface area (Å²) in [6.45, 7) is 2.98. The molecule has 1 aliphatic heterocycles. The normalized spacial score (nSPS) is 25.2. The third-order valence-electron chi connectivity index (χ3n) is 4.97. The first-order chi connectivity index (χ1) is 10.2. The van der Waals surface area contributed by atoms with E-state index in [-0.39, 0.29) is 11.8 Å². The van der Waals surface area contributed by atoms with Crippen LogP contribution in [0, 0.1) is 5.92 Å². The van der Waals surface area contributed by atoms with Crippen LogP contribution in [0.5, 0.6) is 0 Å². The third-order valence-corrected chi connectivity index (χ3v) is 4.97. The van der Waals surface area contributed by atoms with Crippen LogP contribution in [0.25, 0.3) is 0 Å². The summed E-state index contributed by atoms with van der Waals surface area (Å²) >= 11 is 0. The summed E-state index contributed by atoms with van der Waals surface area (Å²) in [4.78, 5) is 12.5. The highest BCUT2D eigenvalue weighted by molar-refractivity contribution is 5.86. The minimum absolute atomic E-state index is 0.000952. The molecular formula is C18H26N2O. The highest BCUT2D eigenvalue weighted by Crippen LogP contribution is 2.34. The van der Waals surface area contributed by atoms with Crippen molar-refractivity contribution in [1.29, 1.82) is 0 Å². The number of nitrogens with one attached hydrogen (secondary N) is 2. The number of hydrogen-bond acceptors (Lipinski definition) is 2. The van der Waals surface area contributed by atoms with Crippen LogP contribution in [-0.4, -0.2) is 18.5 Å². The largest absolute Gasteiger partial charge is 0.382 e. The van der Waals surface area contributed by atoms with Crippen LogP contribution >= 0.6 is 0 Å². The van der Waals surface area contributed by atoms with Gasteiger partial charge in [0.05, 0.1) is 5.92 Å². The molecule has 114 valence electrons. The Morgan fingerprint density at radius 2 is 2.05 bits per heavy atom. The first-order valence-electron chi connectivity index (χ1n) is 8.37. The van der Waals surface area contributed by atoms with Crippen molar-refractivity contribution < 1.29 is 4.79 Å². The predicted octanol–water partition coefficient (Wildman–Crippen LogP) is 3.67. The van der Waals surface area contributed by atoms with Gasteiger partial charge >= 0.3 is 0 Å². The summed E-state index contributed by atoms with van der Waals surface area (Å²) in [6, 6.07) is 8.55. The molecule has 2 aliphatic rings. The van der Waals surface area contributed by atoms with Gasteiger partial charge in [-0.05, 0) is 37.3 Å². The lowest BCUT2D eigenvalue weighted by atomic mass is 9.87. The molecular weight excluding hydrogens is 260 g/mol. The number of rotatable bonds is 4. The van der Waals surface area contributed by atoms with E-state index >= 15 is 0 Å². The molecule has 1 amide bonds. The molecule has 0 bridgehead atoms. The Morgan fingerprint density at radius 3 is 2.86 bits per heavy atom. The van der Waals surface area contributed by atoms with E-state index in [1.807, 2.05) is 12.1 Å². The molecule has 2 N–H and O–H groups in total. The molecule has 3 rings (SSSR count). The Labute approximate surface area is 127 Å². The molecule has 0 aromatic heterocycles. The molecule has 0 spiro atoms. The number of fused-ring (bicyclic) bond motifs is 1. The van der Waals surface area contributed by atoms with Crippen molar-refractivity contribution in [2.24, 2.45) is 5.92 Å². The van der Waals surface area contributed by atoms with E-state index in [9.17, 15) is 4.79 Å². The number of anilines is 1. The molecule has 1 fully saturated rings. The fourth-order valence-corrected chi connectivity index (χ4v) is 3.81. The van der Waals surface area contributed by atoms with Gasteiger partial charge in [0.2, 0.25) is 5.91 Å². The minimum atomic E-state index is 0.000952. The highest BCUT2D eigenvalue weighted by Gasteiger charge is 2.29. The van der Waals surface area contributed by atoms with Gasteiger partial charge in [-0.2, -0.15) is 0 Å². The lowest BCUT2D eigenvalue weighted by Crippen LogP contribution is -2.36. The molecule has 3 nitrogen and oxygen atoms in total. The Morgan fingerprint density at radius 1 is 1.29 bits per heavy atom. The first kappa shape index (κ1) is 14.4. The highest BCUT2D eigenvalue weighted by atomic mass is 16.1. The third kappa shape index (κ3) is 3.39. The fourth-order valence-electron chi connectivity index (χ4n) is 3.81. The standard InChI is InChI=1S/C18H26N2O/c1-13-12-16(15-8-4-5-9-17(15)20-13)18(21)19-11-10-14-6-2-3-7-14/h4-5,8-9,13-14,16,20H,2-3,6-7,10-12H2,1H3,(H,19,21). The molecule has 3 heteroatoms. The molecule has 1 saturated carbocycles. The van der Waals surface area contributed by atoms with Gasteiger partial charge < -0.3 is 10.6 Å². The van der Waals surface area contributed by atoms with Gasteiger partial charge in [0, 0.05) is 18.3 Å². The van der Waals surface area contributed by atoms with Gasteiger partial charge in [0.1, 0.15) is 0 Å². The first-order valence-corrected chi connectivity index (χ1v) is 8.37. The monoisotopic (exact) mass is 286 g/mol. The Kier molecular flexibility index (Phi) is 4.47. The maximum Gasteiger partial charge on any atom is 0.227 e. The zero-order valence-corrected chi connectivity index (χ0v) is 12.9. The van der Waals surface area contributed by atoms with E-state index in [4.69, 9.17) is 0 Å². The van der Waals surface area contributed by atoms with Crippen molar-refractivity contribution in [2.45, 2.75) is 57.4 Å². The Hall–Kier alpha value is -1.51. The average molecular weight is 286 g/mol. The molecule has 2 atom stereocenters. The van der Waals surface area contributed by atoms with Gasteiger partial charge in [0.15, 0.2) is 0 Å². The smallest absolute Gasteiger partial charge is 0.227 e. The van der Waals surface area contributed by atoms with Crippen LogP contribution in [0.2, 0.25) is 0 Å². The number of carbonyl (C=O) groups excluding carboxylic acids is 1. The van der Waals surface area contributed by atoms with E-state index in [0.717, 1.165) is 36.6 Å². The topological polar surface area (TPSA) is 41.1 Å². The quantitative estimate of drug-likeness (QED) is 0.886. The van der Waals surface area contributed by atoms with E-state index in [2.05, 4.69) is 29.7 Å². The van der Waals surface area contributed by atoms with E-state index in [0.29, 0.717) is 6.04 Å². The predicted molar refractivity (Wildman–Crippen MR) is 86.5 cm³/mol. The van der Waals surface area contributed by atoms with Crippen molar-refractivity contribution in [2.75, 3.05) is 11.9 Å².